The maximum Gasteiger partial charge on any atom is 0.234 e. The predicted molar refractivity (Wildman–Crippen MR) is 68.7 cm³/mol. The van der Waals surface area contributed by atoms with E-state index in [2.05, 4.69) is 10.6 Å². The molecule has 0 spiro atoms. The fraction of sp³-hybridized carbons (Fsp3) is 0.417. The van der Waals surface area contributed by atoms with Gasteiger partial charge in [-0.15, -0.1) is 0 Å². The number of hydrogen-bond acceptors (Lipinski definition) is 3. The molecular formula is C12H15FN2OS. The van der Waals surface area contributed by atoms with Crippen molar-refractivity contribution in [2.24, 2.45) is 5.92 Å². The van der Waals surface area contributed by atoms with Crippen molar-refractivity contribution >= 4 is 23.4 Å². The first-order valence-electron chi connectivity index (χ1n) is 5.58. The third-order valence-corrected chi connectivity index (χ3v) is 3.75. The van der Waals surface area contributed by atoms with Crippen LogP contribution in [0.3, 0.4) is 0 Å². The largest absolute Gasteiger partial charge is 0.325 e. The third kappa shape index (κ3) is 4.02. The van der Waals surface area contributed by atoms with Gasteiger partial charge < -0.3 is 10.6 Å². The van der Waals surface area contributed by atoms with Crippen LogP contribution >= 0.6 is 11.8 Å². The molecule has 1 aromatic carbocycles. The van der Waals surface area contributed by atoms with E-state index in [-0.39, 0.29) is 11.7 Å². The molecule has 0 aromatic heterocycles. The fourth-order valence-electron chi connectivity index (χ4n) is 1.51. The number of benzene rings is 1. The van der Waals surface area contributed by atoms with Crippen molar-refractivity contribution in [3.05, 3.63) is 30.1 Å². The Morgan fingerprint density at radius 2 is 2.12 bits per heavy atom. The number of thioether (sulfide) groups is 1. The van der Waals surface area contributed by atoms with Gasteiger partial charge in [0, 0.05) is 5.69 Å². The van der Waals surface area contributed by atoms with E-state index in [0.717, 1.165) is 18.8 Å². The van der Waals surface area contributed by atoms with Crippen LogP contribution in [0.15, 0.2) is 24.3 Å². The molecule has 2 rings (SSSR count). The van der Waals surface area contributed by atoms with Crippen LogP contribution in [-0.4, -0.2) is 30.5 Å². The zero-order chi connectivity index (χ0) is 12.1. The minimum atomic E-state index is -0.296. The van der Waals surface area contributed by atoms with E-state index < -0.39 is 0 Å². The van der Waals surface area contributed by atoms with E-state index in [4.69, 9.17) is 0 Å². The second-order valence-corrected chi connectivity index (χ2v) is 5.12. The molecular weight excluding hydrogens is 239 g/mol. The normalized spacial score (nSPS) is 15.4. The molecule has 0 radical (unpaired) electrons. The molecule has 1 aliphatic rings. The summed E-state index contributed by atoms with van der Waals surface area (Å²) in [6.45, 7) is 2.12. The second kappa shape index (κ2) is 6.02. The highest BCUT2D eigenvalue weighted by molar-refractivity contribution is 7.99. The average Bonchev–Trinajstić information content (AvgIpc) is 2.25. The van der Waals surface area contributed by atoms with E-state index in [1.807, 2.05) is 0 Å². The van der Waals surface area contributed by atoms with Gasteiger partial charge in [-0.3, -0.25) is 4.79 Å². The Labute approximate surface area is 104 Å². The van der Waals surface area contributed by atoms with Gasteiger partial charge in [-0.05, 0) is 49.0 Å². The summed E-state index contributed by atoms with van der Waals surface area (Å²) in [7, 11) is 0. The van der Waals surface area contributed by atoms with Crippen molar-refractivity contribution in [3.63, 3.8) is 0 Å². The van der Waals surface area contributed by atoms with Crippen molar-refractivity contribution in [2.45, 2.75) is 0 Å². The highest BCUT2D eigenvalue weighted by Gasteiger charge is 2.16. The number of rotatable bonds is 5. The molecule has 0 aliphatic carbocycles. The third-order valence-electron chi connectivity index (χ3n) is 2.58. The van der Waals surface area contributed by atoms with Gasteiger partial charge in [0.25, 0.3) is 0 Å². The maximum absolute atomic E-state index is 12.6. The lowest BCUT2D eigenvalue weighted by Gasteiger charge is -2.26. The number of hydrogen-bond donors (Lipinski definition) is 2. The van der Waals surface area contributed by atoms with Gasteiger partial charge in [-0.25, -0.2) is 4.39 Å². The van der Waals surface area contributed by atoms with Crippen LogP contribution < -0.4 is 10.6 Å². The van der Waals surface area contributed by atoms with Gasteiger partial charge in [-0.1, -0.05) is 0 Å². The van der Waals surface area contributed by atoms with Gasteiger partial charge in [0.15, 0.2) is 0 Å². The van der Waals surface area contributed by atoms with Crippen molar-refractivity contribution in [3.8, 4) is 0 Å². The lowest BCUT2D eigenvalue weighted by Crippen LogP contribution is -2.43. The Morgan fingerprint density at radius 1 is 1.41 bits per heavy atom. The molecule has 1 amide bonds. The highest BCUT2D eigenvalue weighted by atomic mass is 32.2. The molecule has 0 unspecified atom stereocenters. The molecule has 2 N–H and O–H groups in total. The number of amides is 1. The first kappa shape index (κ1) is 12.4. The summed E-state index contributed by atoms with van der Waals surface area (Å²) in [6, 6.07) is 5.80. The summed E-state index contributed by atoms with van der Waals surface area (Å²) in [5.74, 6) is 1.85. The molecule has 0 saturated carbocycles. The van der Waals surface area contributed by atoms with Crippen LogP contribution in [0.4, 0.5) is 10.1 Å². The van der Waals surface area contributed by atoms with Crippen molar-refractivity contribution < 1.29 is 9.18 Å². The Balaban J connectivity index is 1.67. The molecule has 17 heavy (non-hydrogen) atoms. The summed E-state index contributed by atoms with van der Waals surface area (Å²) >= 11 is 1.64. The molecule has 5 heteroatoms. The summed E-state index contributed by atoms with van der Waals surface area (Å²) in [5.41, 5.74) is 0.641. The monoisotopic (exact) mass is 254 g/mol. The molecule has 1 aromatic rings. The quantitative estimate of drug-likeness (QED) is 0.840. The van der Waals surface area contributed by atoms with E-state index in [1.165, 1.54) is 12.1 Å². The van der Waals surface area contributed by atoms with Gasteiger partial charge in [0.05, 0.1) is 5.75 Å². The number of halogens is 1. The smallest absolute Gasteiger partial charge is 0.234 e. The Morgan fingerprint density at radius 3 is 2.71 bits per heavy atom. The summed E-state index contributed by atoms with van der Waals surface area (Å²) in [6.07, 6.45) is 0. The van der Waals surface area contributed by atoms with E-state index in [9.17, 15) is 9.18 Å². The lowest BCUT2D eigenvalue weighted by molar-refractivity contribution is -0.113. The number of carbonyl (C=O) groups excluding carboxylic acids is 1. The topological polar surface area (TPSA) is 41.1 Å². The lowest BCUT2D eigenvalue weighted by atomic mass is 10.1. The van der Waals surface area contributed by atoms with Crippen molar-refractivity contribution in [1.82, 2.24) is 5.32 Å². The molecule has 1 saturated heterocycles. The molecule has 0 atom stereocenters. The number of anilines is 1. The minimum absolute atomic E-state index is 0.0334. The standard InChI is InChI=1S/C12H15FN2OS/c13-10-1-3-11(4-2-10)15-12(16)8-17-7-9-5-14-6-9/h1-4,9,14H,5-8H2,(H,15,16). The predicted octanol–water partition coefficient (Wildman–Crippen LogP) is 1.72. The van der Waals surface area contributed by atoms with Crippen molar-refractivity contribution in [2.75, 3.05) is 29.9 Å². The molecule has 1 fully saturated rings. The van der Waals surface area contributed by atoms with Crippen LogP contribution in [0.2, 0.25) is 0 Å². The van der Waals surface area contributed by atoms with Crippen molar-refractivity contribution in [1.29, 1.82) is 0 Å². The molecule has 1 aliphatic heterocycles. The van der Waals surface area contributed by atoms with Gasteiger partial charge >= 0.3 is 0 Å². The second-order valence-electron chi connectivity index (χ2n) is 4.09. The van der Waals surface area contributed by atoms with Crippen LogP contribution in [0.5, 0.6) is 0 Å². The van der Waals surface area contributed by atoms with Crippen LogP contribution in [0, 0.1) is 11.7 Å². The number of nitrogens with one attached hydrogen (secondary N) is 2. The maximum atomic E-state index is 12.6. The molecule has 92 valence electrons. The SMILES string of the molecule is O=C(CSCC1CNC1)Nc1ccc(F)cc1. The summed E-state index contributed by atoms with van der Waals surface area (Å²) < 4.78 is 12.6. The van der Waals surface area contributed by atoms with Crippen LogP contribution in [0.1, 0.15) is 0 Å². The van der Waals surface area contributed by atoms with E-state index >= 15 is 0 Å². The average molecular weight is 254 g/mol. The van der Waals surface area contributed by atoms with Gasteiger partial charge in [0.1, 0.15) is 5.82 Å². The Bertz CT molecular complexity index is 379. The van der Waals surface area contributed by atoms with Crippen LogP contribution in [-0.2, 0) is 4.79 Å². The first-order chi connectivity index (χ1) is 8.24. The summed E-state index contributed by atoms with van der Waals surface area (Å²) in [4.78, 5) is 11.5. The van der Waals surface area contributed by atoms with E-state index in [0.29, 0.717) is 17.4 Å². The van der Waals surface area contributed by atoms with Crippen LogP contribution in [0.25, 0.3) is 0 Å². The zero-order valence-electron chi connectivity index (χ0n) is 9.41. The van der Waals surface area contributed by atoms with Gasteiger partial charge in [0.2, 0.25) is 5.91 Å². The Hall–Kier alpha value is -1.07. The van der Waals surface area contributed by atoms with E-state index in [1.54, 1.807) is 23.9 Å². The summed E-state index contributed by atoms with van der Waals surface area (Å²) in [5, 5.41) is 5.93. The first-order valence-corrected chi connectivity index (χ1v) is 6.73. The number of carbonyl (C=O) groups is 1. The van der Waals surface area contributed by atoms with Gasteiger partial charge in [-0.2, -0.15) is 11.8 Å². The fourth-order valence-corrected chi connectivity index (χ4v) is 2.46. The molecule has 1 heterocycles. The zero-order valence-corrected chi connectivity index (χ0v) is 10.2. The minimum Gasteiger partial charge on any atom is -0.325 e. The highest BCUT2D eigenvalue weighted by Crippen LogP contribution is 2.13. The molecule has 0 bridgehead atoms. The Kier molecular flexibility index (Phi) is 4.39. The molecule has 3 nitrogen and oxygen atoms in total.